The van der Waals surface area contributed by atoms with Crippen LogP contribution >= 0.6 is 0 Å². The van der Waals surface area contributed by atoms with E-state index in [1.807, 2.05) is 0 Å². The van der Waals surface area contributed by atoms with E-state index in [0.29, 0.717) is 12.2 Å². The van der Waals surface area contributed by atoms with Crippen LogP contribution in [0.4, 0.5) is 0 Å². The van der Waals surface area contributed by atoms with Crippen LogP contribution in [0, 0.1) is 0 Å². The van der Waals surface area contributed by atoms with Gasteiger partial charge in [-0.15, -0.1) is 0 Å². The van der Waals surface area contributed by atoms with E-state index in [4.69, 9.17) is 9.16 Å². The number of rotatable bonds is 8. The van der Waals surface area contributed by atoms with Gasteiger partial charge in [-0.25, -0.2) is 4.79 Å². The van der Waals surface area contributed by atoms with Crippen molar-refractivity contribution in [3.63, 3.8) is 0 Å². The van der Waals surface area contributed by atoms with Crippen molar-refractivity contribution in [3.8, 4) is 0 Å². The molecule has 3 nitrogen and oxygen atoms in total. The molecule has 82 valence electrons. The predicted molar refractivity (Wildman–Crippen MR) is 60.0 cm³/mol. The van der Waals surface area contributed by atoms with Crippen molar-refractivity contribution in [2.24, 2.45) is 0 Å². The molecule has 0 aromatic heterocycles. The first-order valence-electron chi connectivity index (χ1n) is 5.08. The molecule has 0 spiro atoms. The zero-order valence-electron chi connectivity index (χ0n) is 9.17. The van der Waals surface area contributed by atoms with Crippen molar-refractivity contribution in [1.29, 1.82) is 0 Å². The second kappa shape index (κ2) is 8.96. The van der Waals surface area contributed by atoms with Crippen molar-refractivity contribution >= 4 is 15.7 Å². The molecule has 0 aliphatic heterocycles. The Bertz CT molecular complexity index is 180. The Morgan fingerprint density at radius 2 is 2.14 bits per heavy atom. The molecule has 0 fully saturated rings. The van der Waals surface area contributed by atoms with Crippen LogP contribution in [-0.2, 0) is 14.0 Å². The number of hydrogen-bond acceptors (Lipinski definition) is 3. The van der Waals surface area contributed by atoms with Crippen LogP contribution in [0.5, 0.6) is 0 Å². The lowest BCUT2D eigenvalue weighted by molar-refractivity contribution is -0.138. The molecule has 4 heteroatoms. The molecule has 0 aromatic carbocycles. The highest BCUT2D eigenvalue weighted by molar-refractivity contribution is 6.26. The van der Waals surface area contributed by atoms with Crippen LogP contribution in [0.1, 0.15) is 26.7 Å². The first kappa shape index (κ1) is 13.4. The summed E-state index contributed by atoms with van der Waals surface area (Å²) in [6.07, 6.45) is 1.99. The summed E-state index contributed by atoms with van der Waals surface area (Å²) in [6, 6.07) is 1.07. The highest BCUT2D eigenvalue weighted by atomic mass is 28.2. The van der Waals surface area contributed by atoms with Crippen molar-refractivity contribution in [3.05, 3.63) is 12.2 Å². The SMILES string of the molecule is C=C(C)C(=O)OCCC[SiH2]OCCC. The van der Waals surface area contributed by atoms with Crippen LogP contribution in [-0.4, -0.2) is 28.9 Å². The summed E-state index contributed by atoms with van der Waals surface area (Å²) >= 11 is 0. The first-order valence-corrected chi connectivity index (χ1v) is 6.66. The van der Waals surface area contributed by atoms with Gasteiger partial charge in [0.15, 0.2) is 9.76 Å². The molecule has 0 heterocycles. The molecule has 0 saturated heterocycles. The Kier molecular flexibility index (Phi) is 8.57. The van der Waals surface area contributed by atoms with E-state index in [2.05, 4.69) is 13.5 Å². The second-order valence-corrected chi connectivity index (χ2v) is 4.76. The average Bonchev–Trinajstić information content (AvgIpc) is 2.16. The molecular weight excluding hydrogens is 196 g/mol. The third-order valence-corrected chi connectivity index (χ3v) is 2.98. The highest BCUT2D eigenvalue weighted by Crippen LogP contribution is 1.96. The van der Waals surface area contributed by atoms with Crippen LogP contribution in [0.25, 0.3) is 0 Å². The summed E-state index contributed by atoms with van der Waals surface area (Å²) < 4.78 is 10.4. The van der Waals surface area contributed by atoms with Gasteiger partial charge in [-0.05, 0) is 25.8 Å². The van der Waals surface area contributed by atoms with Gasteiger partial charge in [0, 0.05) is 12.2 Å². The molecular formula is C10H20O3Si. The quantitative estimate of drug-likeness (QED) is 0.266. The van der Waals surface area contributed by atoms with E-state index in [-0.39, 0.29) is 15.7 Å². The van der Waals surface area contributed by atoms with Crippen LogP contribution in [0.2, 0.25) is 6.04 Å². The lowest BCUT2D eigenvalue weighted by Gasteiger charge is -2.04. The van der Waals surface area contributed by atoms with Gasteiger partial charge >= 0.3 is 5.97 Å². The number of esters is 1. The minimum absolute atomic E-state index is 0.291. The minimum atomic E-state index is -0.378. The molecule has 14 heavy (non-hydrogen) atoms. The molecule has 0 atom stereocenters. The Morgan fingerprint density at radius 3 is 2.71 bits per heavy atom. The van der Waals surface area contributed by atoms with Crippen LogP contribution in [0.15, 0.2) is 12.2 Å². The molecule has 0 amide bonds. The minimum Gasteiger partial charge on any atom is -0.462 e. The Morgan fingerprint density at radius 1 is 1.43 bits per heavy atom. The van der Waals surface area contributed by atoms with E-state index >= 15 is 0 Å². The predicted octanol–water partition coefficient (Wildman–Crippen LogP) is 1.42. The average molecular weight is 216 g/mol. The van der Waals surface area contributed by atoms with E-state index in [1.54, 1.807) is 6.92 Å². The maximum absolute atomic E-state index is 10.9. The Balaban J connectivity index is 3.13. The number of ether oxygens (including phenoxy) is 1. The number of hydrogen-bond donors (Lipinski definition) is 0. The van der Waals surface area contributed by atoms with Gasteiger partial charge in [-0.1, -0.05) is 13.5 Å². The normalized spacial score (nSPS) is 10.7. The molecule has 0 radical (unpaired) electrons. The van der Waals surface area contributed by atoms with Crippen molar-refractivity contribution in [2.45, 2.75) is 32.7 Å². The Labute approximate surface area is 88.4 Å². The Hall–Kier alpha value is -0.613. The van der Waals surface area contributed by atoms with Crippen LogP contribution in [0.3, 0.4) is 0 Å². The summed E-state index contributed by atoms with van der Waals surface area (Å²) in [7, 11) is -0.378. The smallest absolute Gasteiger partial charge is 0.333 e. The topological polar surface area (TPSA) is 35.5 Å². The van der Waals surface area contributed by atoms with Gasteiger partial charge in [0.25, 0.3) is 0 Å². The standard InChI is InChI=1S/C10H20O3Si/c1-4-6-13-14-8-5-7-12-10(11)9(2)3/h2,4-8,14H2,1,3H3. The van der Waals surface area contributed by atoms with Gasteiger partial charge in [0.05, 0.1) is 6.61 Å². The van der Waals surface area contributed by atoms with Crippen molar-refractivity contribution in [2.75, 3.05) is 13.2 Å². The lowest BCUT2D eigenvalue weighted by atomic mass is 10.4. The van der Waals surface area contributed by atoms with Crippen LogP contribution < -0.4 is 0 Å². The summed E-state index contributed by atoms with van der Waals surface area (Å²) in [5.74, 6) is -0.291. The molecule has 0 N–H and O–H groups in total. The van der Waals surface area contributed by atoms with Crippen molar-refractivity contribution in [1.82, 2.24) is 0 Å². The maximum atomic E-state index is 10.9. The fraction of sp³-hybridized carbons (Fsp3) is 0.700. The fourth-order valence-electron chi connectivity index (χ4n) is 0.841. The molecule has 0 aliphatic rings. The monoisotopic (exact) mass is 216 g/mol. The summed E-state index contributed by atoms with van der Waals surface area (Å²) in [4.78, 5) is 10.9. The lowest BCUT2D eigenvalue weighted by Crippen LogP contribution is -2.07. The third-order valence-electron chi connectivity index (χ3n) is 1.61. The summed E-state index contributed by atoms with van der Waals surface area (Å²) in [5, 5.41) is 0. The summed E-state index contributed by atoms with van der Waals surface area (Å²) in [6.45, 7) is 8.63. The second-order valence-electron chi connectivity index (χ2n) is 3.24. The molecule has 0 aromatic rings. The van der Waals surface area contributed by atoms with E-state index in [1.165, 1.54) is 0 Å². The third kappa shape index (κ3) is 8.01. The first-order chi connectivity index (χ1) is 6.68. The number of carbonyl (C=O) groups excluding carboxylic acids is 1. The van der Waals surface area contributed by atoms with Gasteiger partial charge in [-0.2, -0.15) is 0 Å². The summed E-state index contributed by atoms with van der Waals surface area (Å²) in [5.41, 5.74) is 0.462. The molecule has 0 aliphatic carbocycles. The molecule has 0 bridgehead atoms. The maximum Gasteiger partial charge on any atom is 0.333 e. The zero-order valence-corrected chi connectivity index (χ0v) is 10.6. The van der Waals surface area contributed by atoms with E-state index < -0.39 is 0 Å². The van der Waals surface area contributed by atoms with E-state index in [9.17, 15) is 4.79 Å². The fourth-order valence-corrected chi connectivity index (χ4v) is 1.95. The van der Waals surface area contributed by atoms with Gasteiger partial charge in [0.1, 0.15) is 0 Å². The molecule has 0 saturated carbocycles. The van der Waals surface area contributed by atoms with Crippen molar-refractivity contribution < 1.29 is 14.0 Å². The van der Waals surface area contributed by atoms with Gasteiger partial charge < -0.3 is 9.16 Å². The van der Waals surface area contributed by atoms with Gasteiger partial charge in [0.2, 0.25) is 0 Å². The molecule has 0 rings (SSSR count). The molecule has 0 unspecified atom stereocenters. The highest BCUT2D eigenvalue weighted by Gasteiger charge is 2.01. The van der Waals surface area contributed by atoms with Gasteiger partial charge in [-0.3, -0.25) is 0 Å². The zero-order chi connectivity index (χ0) is 10.8. The number of carbonyl (C=O) groups is 1. The van der Waals surface area contributed by atoms with E-state index in [0.717, 1.165) is 25.5 Å². The largest absolute Gasteiger partial charge is 0.462 e.